The lowest BCUT2D eigenvalue weighted by Crippen LogP contribution is -2.24. The van der Waals surface area contributed by atoms with Crippen molar-refractivity contribution in [3.8, 4) is 5.75 Å². The van der Waals surface area contributed by atoms with Gasteiger partial charge in [-0.15, -0.1) is 11.6 Å². The van der Waals surface area contributed by atoms with Gasteiger partial charge in [0.05, 0.1) is 12.5 Å². The quantitative estimate of drug-likeness (QED) is 0.789. The van der Waals surface area contributed by atoms with Gasteiger partial charge in [0, 0.05) is 23.7 Å². The minimum atomic E-state index is 0.469. The Kier molecular flexibility index (Phi) is 4.35. The Labute approximate surface area is 131 Å². The van der Waals surface area contributed by atoms with Crippen LogP contribution in [0.2, 0.25) is 0 Å². The summed E-state index contributed by atoms with van der Waals surface area (Å²) in [6.07, 6.45) is 1.17. The van der Waals surface area contributed by atoms with Gasteiger partial charge in [-0.05, 0) is 42.7 Å². The highest BCUT2D eigenvalue weighted by molar-refractivity contribution is 6.17. The van der Waals surface area contributed by atoms with Crippen LogP contribution in [0, 0.1) is 0 Å². The summed E-state index contributed by atoms with van der Waals surface area (Å²) in [6, 6.07) is 14.8. The van der Waals surface area contributed by atoms with E-state index in [0.29, 0.717) is 18.4 Å². The molecule has 1 aliphatic carbocycles. The number of ether oxygens (including phenoxy) is 1. The van der Waals surface area contributed by atoms with Gasteiger partial charge in [-0.1, -0.05) is 24.3 Å². The standard InChI is InChI=1S/C18H20ClNO/c1-2-21-18-8-7-16(10-14(18)11-19)20-12-15-9-13-5-3-4-6-17(13)15/h3-8,10,15,20H,2,9,11-12H2,1H3. The Morgan fingerprint density at radius 3 is 2.86 bits per heavy atom. The molecular weight excluding hydrogens is 282 g/mol. The van der Waals surface area contributed by atoms with Crippen LogP contribution in [0.25, 0.3) is 0 Å². The largest absolute Gasteiger partial charge is 0.494 e. The number of benzene rings is 2. The zero-order valence-corrected chi connectivity index (χ0v) is 13.0. The molecule has 110 valence electrons. The van der Waals surface area contributed by atoms with Crippen molar-refractivity contribution in [1.29, 1.82) is 0 Å². The van der Waals surface area contributed by atoms with Gasteiger partial charge in [-0.2, -0.15) is 0 Å². The van der Waals surface area contributed by atoms with Crippen LogP contribution in [0.15, 0.2) is 42.5 Å². The van der Waals surface area contributed by atoms with Gasteiger partial charge in [0.2, 0.25) is 0 Å². The second-order valence-electron chi connectivity index (χ2n) is 5.37. The topological polar surface area (TPSA) is 21.3 Å². The number of alkyl halides is 1. The van der Waals surface area contributed by atoms with E-state index in [-0.39, 0.29) is 0 Å². The van der Waals surface area contributed by atoms with Crippen LogP contribution >= 0.6 is 11.6 Å². The summed E-state index contributed by atoms with van der Waals surface area (Å²) in [5.41, 5.74) is 5.11. The average molecular weight is 302 g/mol. The third-order valence-corrected chi connectivity index (χ3v) is 4.31. The molecule has 0 aromatic heterocycles. The van der Waals surface area contributed by atoms with E-state index >= 15 is 0 Å². The molecule has 0 amide bonds. The summed E-state index contributed by atoms with van der Waals surface area (Å²) in [5.74, 6) is 1.97. The predicted molar refractivity (Wildman–Crippen MR) is 88.5 cm³/mol. The molecule has 1 unspecified atom stereocenters. The summed E-state index contributed by atoms with van der Waals surface area (Å²) in [5, 5.41) is 3.52. The lowest BCUT2D eigenvalue weighted by molar-refractivity contribution is 0.337. The Hall–Kier alpha value is -1.67. The number of rotatable bonds is 6. The molecule has 3 rings (SSSR count). The molecule has 0 fully saturated rings. The molecule has 0 spiro atoms. The summed E-state index contributed by atoms with van der Waals surface area (Å²) in [7, 11) is 0. The van der Waals surface area contributed by atoms with Crippen molar-refractivity contribution in [2.75, 3.05) is 18.5 Å². The Balaban J connectivity index is 1.64. The Morgan fingerprint density at radius 1 is 1.24 bits per heavy atom. The molecule has 1 atom stereocenters. The molecule has 0 radical (unpaired) electrons. The zero-order valence-electron chi connectivity index (χ0n) is 12.2. The van der Waals surface area contributed by atoms with E-state index in [1.807, 2.05) is 13.0 Å². The number of hydrogen-bond donors (Lipinski definition) is 1. The average Bonchev–Trinajstić information content (AvgIpc) is 2.49. The zero-order chi connectivity index (χ0) is 14.7. The normalized spacial score (nSPS) is 16.0. The predicted octanol–water partition coefficient (Wildman–Crippen LogP) is 4.58. The third kappa shape index (κ3) is 3.01. The highest BCUT2D eigenvalue weighted by Gasteiger charge is 2.24. The Bertz CT molecular complexity index is 626. The smallest absolute Gasteiger partial charge is 0.123 e. The maximum Gasteiger partial charge on any atom is 0.123 e. The number of hydrogen-bond acceptors (Lipinski definition) is 2. The molecule has 0 saturated carbocycles. The van der Waals surface area contributed by atoms with Crippen molar-refractivity contribution in [3.63, 3.8) is 0 Å². The minimum absolute atomic E-state index is 0.469. The third-order valence-electron chi connectivity index (χ3n) is 4.02. The molecule has 0 heterocycles. The molecule has 2 nitrogen and oxygen atoms in total. The van der Waals surface area contributed by atoms with E-state index in [4.69, 9.17) is 16.3 Å². The van der Waals surface area contributed by atoms with Crippen LogP contribution < -0.4 is 10.1 Å². The molecule has 3 heteroatoms. The fourth-order valence-corrected chi connectivity index (χ4v) is 3.08. The van der Waals surface area contributed by atoms with Crippen molar-refractivity contribution in [3.05, 3.63) is 59.2 Å². The maximum absolute atomic E-state index is 6.00. The molecule has 2 aromatic rings. The van der Waals surface area contributed by atoms with Crippen molar-refractivity contribution in [1.82, 2.24) is 0 Å². The first-order chi connectivity index (χ1) is 10.3. The van der Waals surface area contributed by atoms with E-state index in [2.05, 4.69) is 41.7 Å². The maximum atomic E-state index is 6.00. The van der Waals surface area contributed by atoms with Crippen LogP contribution in [0.5, 0.6) is 5.75 Å². The number of fused-ring (bicyclic) bond motifs is 1. The minimum Gasteiger partial charge on any atom is -0.494 e. The van der Waals surface area contributed by atoms with E-state index in [1.165, 1.54) is 17.5 Å². The molecule has 1 N–H and O–H groups in total. The SMILES string of the molecule is CCOc1ccc(NCC2Cc3ccccc32)cc1CCl. The molecule has 21 heavy (non-hydrogen) atoms. The molecule has 2 aromatic carbocycles. The van der Waals surface area contributed by atoms with Gasteiger partial charge >= 0.3 is 0 Å². The van der Waals surface area contributed by atoms with E-state index < -0.39 is 0 Å². The second kappa shape index (κ2) is 6.40. The Morgan fingerprint density at radius 2 is 2.10 bits per heavy atom. The van der Waals surface area contributed by atoms with E-state index in [1.54, 1.807) is 0 Å². The number of nitrogens with one attached hydrogen (secondary N) is 1. The van der Waals surface area contributed by atoms with Crippen LogP contribution in [-0.2, 0) is 12.3 Å². The lowest BCUT2D eigenvalue weighted by atomic mass is 9.77. The van der Waals surface area contributed by atoms with Gasteiger partial charge < -0.3 is 10.1 Å². The molecule has 1 aliphatic rings. The van der Waals surface area contributed by atoms with E-state index in [9.17, 15) is 0 Å². The van der Waals surface area contributed by atoms with E-state index in [0.717, 1.165) is 23.5 Å². The lowest BCUT2D eigenvalue weighted by Gasteiger charge is -2.30. The van der Waals surface area contributed by atoms with Crippen LogP contribution in [0.3, 0.4) is 0 Å². The first-order valence-corrected chi connectivity index (χ1v) is 7.98. The molecule has 0 bridgehead atoms. The number of anilines is 1. The fraction of sp³-hybridized carbons (Fsp3) is 0.333. The molecule has 0 saturated heterocycles. The summed E-state index contributed by atoms with van der Waals surface area (Å²) >= 11 is 6.00. The van der Waals surface area contributed by atoms with Gasteiger partial charge in [0.1, 0.15) is 5.75 Å². The molecular formula is C18H20ClNO. The van der Waals surface area contributed by atoms with Crippen molar-refractivity contribution in [2.45, 2.75) is 25.1 Å². The van der Waals surface area contributed by atoms with Crippen molar-refractivity contribution < 1.29 is 4.74 Å². The van der Waals surface area contributed by atoms with Crippen molar-refractivity contribution >= 4 is 17.3 Å². The highest BCUT2D eigenvalue weighted by atomic mass is 35.5. The first kappa shape index (κ1) is 14.3. The second-order valence-corrected chi connectivity index (χ2v) is 5.64. The van der Waals surface area contributed by atoms with Gasteiger partial charge in [0.15, 0.2) is 0 Å². The highest BCUT2D eigenvalue weighted by Crippen LogP contribution is 2.35. The summed E-state index contributed by atoms with van der Waals surface area (Å²) in [4.78, 5) is 0. The van der Waals surface area contributed by atoms with Crippen molar-refractivity contribution in [2.24, 2.45) is 0 Å². The van der Waals surface area contributed by atoms with Gasteiger partial charge in [-0.3, -0.25) is 0 Å². The molecule has 0 aliphatic heterocycles. The monoisotopic (exact) mass is 301 g/mol. The van der Waals surface area contributed by atoms with Crippen LogP contribution in [0.1, 0.15) is 29.5 Å². The van der Waals surface area contributed by atoms with Crippen LogP contribution in [-0.4, -0.2) is 13.2 Å². The van der Waals surface area contributed by atoms with Gasteiger partial charge in [0.25, 0.3) is 0 Å². The summed E-state index contributed by atoms with van der Waals surface area (Å²) in [6.45, 7) is 3.61. The van der Waals surface area contributed by atoms with Crippen LogP contribution in [0.4, 0.5) is 5.69 Å². The fourth-order valence-electron chi connectivity index (χ4n) is 2.88. The summed E-state index contributed by atoms with van der Waals surface area (Å²) < 4.78 is 5.58. The first-order valence-electron chi connectivity index (χ1n) is 7.45. The van der Waals surface area contributed by atoms with Gasteiger partial charge in [-0.25, -0.2) is 0 Å². The number of halogens is 1.